The van der Waals surface area contributed by atoms with Crippen LogP contribution >= 0.6 is 0 Å². The van der Waals surface area contributed by atoms with Gasteiger partial charge in [0.1, 0.15) is 11.3 Å². The first kappa shape index (κ1) is 14.0. The fraction of sp³-hybridized carbons (Fsp3) is 0.385. The molecule has 0 heterocycles. The summed E-state index contributed by atoms with van der Waals surface area (Å²) < 4.78 is 5.37. The third kappa shape index (κ3) is 3.76. The van der Waals surface area contributed by atoms with E-state index >= 15 is 0 Å². The number of carbonyl (C=O) groups is 2. The lowest BCUT2D eigenvalue weighted by atomic mass is 10.1. The maximum atomic E-state index is 11.3. The van der Waals surface area contributed by atoms with Crippen LogP contribution in [0, 0.1) is 6.92 Å². The second kappa shape index (κ2) is 6.05. The molecular weight excluding hydrogens is 234 g/mol. The molecule has 98 valence electrons. The van der Waals surface area contributed by atoms with Gasteiger partial charge in [-0.3, -0.25) is 4.79 Å². The van der Waals surface area contributed by atoms with Crippen LogP contribution < -0.4 is 4.74 Å². The minimum Gasteiger partial charge on any atom is -0.492 e. The fourth-order valence-corrected chi connectivity index (χ4v) is 1.40. The van der Waals surface area contributed by atoms with Crippen LogP contribution in [0.25, 0.3) is 0 Å². The Morgan fingerprint density at radius 1 is 1.33 bits per heavy atom. The van der Waals surface area contributed by atoms with Crippen molar-refractivity contribution in [3.05, 3.63) is 29.3 Å². The molecular formula is C13H17NO4. The summed E-state index contributed by atoms with van der Waals surface area (Å²) in [5.74, 6) is -0.794. The van der Waals surface area contributed by atoms with E-state index in [4.69, 9.17) is 9.84 Å². The number of carbonyl (C=O) groups excluding carboxylic acids is 1. The van der Waals surface area contributed by atoms with E-state index in [1.165, 1.54) is 11.0 Å². The van der Waals surface area contributed by atoms with Gasteiger partial charge in [0.2, 0.25) is 5.91 Å². The van der Waals surface area contributed by atoms with Gasteiger partial charge in [0.15, 0.2) is 0 Å². The number of hydrogen-bond acceptors (Lipinski definition) is 3. The molecule has 0 fully saturated rings. The van der Waals surface area contributed by atoms with Crippen molar-refractivity contribution in [2.45, 2.75) is 13.3 Å². The Kier molecular flexibility index (Phi) is 4.71. The maximum absolute atomic E-state index is 11.3. The van der Waals surface area contributed by atoms with Gasteiger partial charge in [-0.05, 0) is 24.6 Å². The average Bonchev–Trinajstić information content (AvgIpc) is 2.28. The molecule has 0 aliphatic heterocycles. The van der Waals surface area contributed by atoms with Crippen LogP contribution in [0.4, 0.5) is 0 Å². The molecule has 5 nitrogen and oxygen atoms in total. The quantitative estimate of drug-likeness (QED) is 0.862. The van der Waals surface area contributed by atoms with Crippen molar-refractivity contribution in [2.24, 2.45) is 0 Å². The highest BCUT2D eigenvalue weighted by Gasteiger charge is 2.12. The normalized spacial score (nSPS) is 9.94. The fourth-order valence-electron chi connectivity index (χ4n) is 1.40. The van der Waals surface area contributed by atoms with E-state index in [9.17, 15) is 9.59 Å². The van der Waals surface area contributed by atoms with Crippen molar-refractivity contribution in [3.8, 4) is 5.75 Å². The molecule has 0 unspecified atom stereocenters. The van der Waals surface area contributed by atoms with Gasteiger partial charge in [-0.15, -0.1) is 0 Å². The zero-order chi connectivity index (χ0) is 13.7. The third-order valence-corrected chi connectivity index (χ3v) is 2.44. The summed E-state index contributed by atoms with van der Waals surface area (Å²) in [6.07, 6.45) is 0.222. The van der Waals surface area contributed by atoms with Gasteiger partial charge in [-0.25, -0.2) is 4.79 Å². The Hall–Kier alpha value is -2.04. The van der Waals surface area contributed by atoms with Crippen LogP contribution in [0.15, 0.2) is 18.2 Å². The predicted octanol–water partition coefficient (Wildman–Crippen LogP) is 1.55. The van der Waals surface area contributed by atoms with Crippen molar-refractivity contribution in [2.75, 3.05) is 20.7 Å². The highest BCUT2D eigenvalue weighted by atomic mass is 16.5. The number of carboxylic acid groups (broad SMARTS) is 1. The smallest absolute Gasteiger partial charge is 0.339 e. The van der Waals surface area contributed by atoms with E-state index in [-0.39, 0.29) is 24.5 Å². The zero-order valence-corrected chi connectivity index (χ0v) is 10.8. The first-order valence-corrected chi connectivity index (χ1v) is 5.58. The summed E-state index contributed by atoms with van der Waals surface area (Å²) in [4.78, 5) is 23.8. The molecule has 1 N–H and O–H groups in total. The average molecular weight is 251 g/mol. The van der Waals surface area contributed by atoms with Gasteiger partial charge in [0.25, 0.3) is 0 Å². The standard InChI is InChI=1S/C13H17NO4/c1-9-4-5-10(13(16)17)11(8-9)18-7-6-12(15)14(2)3/h4-5,8H,6-7H2,1-3H3,(H,16,17). The van der Waals surface area contributed by atoms with Gasteiger partial charge in [0, 0.05) is 14.1 Å². The van der Waals surface area contributed by atoms with Gasteiger partial charge in [-0.1, -0.05) is 6.07 Å². The predicted molar refractivity (Wildman–Crippen MR) is 66.9 cm³/mol. The molecule has 1 rings (SSSR count). The summed E-state index contributed by atoms with van der Waals surface area (Å²) in [7, 11) is 3.33. The number of rotatable bonds is 5. The lowest BCUT2D eigenvalue weighted by Gasteiger charge is -2.12. The second-order valence-corrected chi connectivity index (χ2v) is 4.19. The van der Waals surface area contributed by atoms with Gasteiger partial charge < -0.3 is 14.7 Å². The zero-order valence-electron chi connectivity index (χ0n) is 10.8. The number of amides is 1. The molecule has 0 aliphatic rings. The first-order chi connectivity index (χ1) is 8.41. The molecule has 0 aromatic heterocycles. The minimum absolute atomic E-state index is 0.0560. The topological polar surface area (TPSA) is 66.8 Å². The summed E-state index contributed by atoms with van der Waals surface area (Å²) in [6, 6.07) is 4.87. The largest absolute Gasteiger partial charge is 0.492 e. The van der Waals surface area contributed by atoms with E-state index in [2.05, 4.69) is 0 Å². The highest BCUT2D eigenvalue weighted by Crippen LogP contribution is 2.20. The summed E-state index contributed by atoms with van der Waals surface area (Å²) >= 11 is 0. The Balaban J connectivity index is 2.69. The molecule has 1 amide bonds. The van der Waals surface area contributed by atoms with Crippen molar-refractivity contribution in [1.82, 2.24) is 4.90 Å². The number of hydrogen-bond donors (Lipinski definition) is 1. The van der Waals surface area contributed by atoms with E-state index in [1.54, 1.807) is 26.2 Å². The van der Waals surface area contributed by atoms with Gasteiger partial charge in [0.05, 0.1) is 13.0 Å². The van der Waals surface area contributed by atoms with E-state index in [0.29, 0.717) is 5.75 Å². The van der Waals surface area contributed by atoms with Gasteiger partial charge in [-0.2, -0.15) is 0 Å². The SMILES string of the molecule is Cc1ccc(C(=O)O)c(OCCC(=O)N(C)C)c1. The minimum atomic E-state index is -1.04. The van der Waals surface area contributed by atoms with Gasteiger partial charge >= 0.3 is 5.97 Å². The summed E-state index contributed by atoms with van der Waals surface area (Å²) in [5.41, 5.74) is 1.02. The lowest BCUT2D eigenvalue weighted by Crippen LogP contribution is -2.23. The van der Waals surface area contributed by atoms with Crippen LogP contribution in [0.5, 0.6) is 5.75 Å². The lowest BCUT2D eigenvalue weighted by molar-refractivity contribution is -0.129. The molecule has 1 aromatic carbocycles. The molecule has 0 saturated carbocycles. The molecule has 0 atom stereocenters. The Bertz CT molecular complexity index is 454. The monoisotopic (exact) mass is 251 g/mol. The highest BCUT2D eigenvalue weighted by molar-refractivity contribution is 5.91. The molecule has 0 bridgehead atoms. The van der Waals surface area contributed by atoms with E-state index in [1.807, 2.05) is 6.92 Å². The number of benzene rings is 1. The van der Waals surface area contributed by atoms with Crippen LogP contribution in [-0.2, 0) is 4.79 Å². The molecule has 5 heteroatoms. The summed E-state index contributed by atoms with van der Waals surface area (Å²) in [6.45, 7) is 2.02. The van der Waals surface area contributed by atoms with Crippen molar-refractivity contribution >= 4 is 11.9 Å². The molecule has 0 saturated heterocycles. The van der Waals surface area contributed by atoms with Crippen LogP contribution in [0.1, 0.15) is 22.3 Å². The summed E-state index contributed by atoms with van der Waals surface area (Å²) in [5, 5.41) is 9.00. The van der Waals surface area contributed by atoms with Crippen LogP contribution in [0.2, 0.25) is 0 Å². The Morgan fingerprint density at radius 3 is 2.56 bits per heavy atom. The molecule has 1 aromatic rings. The molecule has 0 spiro atoms. The molecule has 0 radical (unpaired) electrons. The third-order valence-electron chi connectivity index (χ3n) is 2.44. The number of carboxylic acids is 1. The van der Waals surface area contributed by atoms with E-state index < -0.39 is 5.97 Å². The number of ether oxygens (including phenoxy) is 1. The maximum Gasteiger partial charge on any atom is 0.339 e. The number of aryl methyl sites for hydroxylation is 1. The molecule has 18 heavy (non-hydrogen) atoms. The second-order valence-electron chi connectivity index (χ2n) is 4.19. The van der Waals surface area contributed by atoms with Crippen molar-refractivity contribution < 1.29 is 19.4 Å². The number of nitrogens with zero attached hydrogens (tertiary/aromatic N) is 1. The van der Waals surface area contributed by atoms with Crippen molar-refractivity contribution in [3.63, 3.8) is 0 Å². The van der Waals surface area contributed by atoms with Crippen LogP contribution in [-0.4, -0.2) is 42.6 Å². The Morgan fingerprint density at radius 2 is 2.00 bits per heavy atom. The number of aromatic carboxylic acids is 1. The first-order valence-electron chi connectivity index (χ1n) is 5.58. The Labute approximate surface area is 106 Å². The van der Waals surface area contributed by atoms with Crippen molar-refractivity contribution in [1.29, 1.82) is 0 Å². The molecule has 0 aliphatic carbocycles. The van der Waals surface area contributed by atoms with Crippen LogP contribution in [0.3, 0.4) is 0 Å². The van der Waals surface area contributed by atoms with E-state index in [0.717, 1.165) is 5.56 Å².